The van der Waals surface area contributed by atoms with Gasteiger partial charge in [-0.15, -0.1) is 11.3 Å². The third-order valence-corrected chi connectivity index (χ3v) is 4.48. The summed E-state index contributed by atoms with van der Waals surface area (Å²) in [5.41, 5.74) is 1.38. The number of nitrogens with zero attached hydrogens (tertiary/aromatic N) is 2. The van der Waals surface area contributed by atoms with Crippen molar-refractivity contribution in [3.63, 3.8) is 0 Å². The number of para-hydroxylation sites is 2. The Bertz CT molecular complexity index is 929. The summed E-state index contributed by atoms with van der Waals surface area (Å²) in [6.45, 7) is 0. The number of nitro groups is 1. The molecule has 6 nitrogen and oxygen atoms in total. The van der Waals surface area contributed by atoms with E-state index in [2.05, 4.69) is 4.98 Å². The van der Waals surface area contributed by atoms with E-state index in [0.717, 1.165) is 10.2 Å². The van der Waals surface area contributed by atoms with Crippen molar-refractivity contribution in [3.05, 3.63) is 69.2 Å². The van der Waals surface area contributed by atoms with Crippen LogP contribution in [0.3, 0.4) is 0 Å². The molecule has 0 fully saturated rings. The van der Waals surface area contributed by atoms with Gasteiger partial charge in [0.1, 0.15) is 5.01 Å². The number of aliphatic carboxylic acids is 1. The SMILES string of the molecule is O=C([O-])C/C(=C\c1ccccc1[N+](=O)[O-])c1nc2ccccc2s1. The van der Waals surface area contributed by atoms with Crippen LogP contribution in [0, 0.1) is 10.1 Å². The van der Waals surface area contributed by atoms with Gasteiger partial charge in [0.15, 0.2) is 0 Å². The van der Waals surface area contributed by atoms with Gasteiger partial charge in [0, 0.05) is 18.5 Å². The Morgan fingerprint density at radius 3 is 2.58 bits per heavy atom. The second-order valence-electron chi connectivity index (χ2n) is 5.02. The van der Waals surface area contributed by atoms with Crippen molar-refractivity contribution in [1.29, 1.82) is 0 Å². The number of nitro benzene ring substituents is 1. The summed E-state index contributed by atoms with van der Waals surface area (Å²) in [6, 6.07) is 13.6. The minimum absolute atomic E-state index is 0.0885. The van der Waals surface area contributed by atoms with Gasteiger partial charge in [0.25, 0.3) is 5.69 Å². The molecule has 1 aromatic heterocycles. The van der Waals surface area contributed by atoms with Gasteiger partial charge in [-0.3, -0.25) is 10.1 Å². The van der Waals surface area contributed by atoms with Crippen molar-refractivity contribution in [2.24, 2.45) is 0 Å². The zero-order valence-corrected chi connectivity index (χ0v) is 13.2. The summed E-state index contributed by atoms with van der Waals surface area (Å²) in [5.74, 6) is -1.26. The third-order valence-electron chi connectivity index (χ3n) is 3.37. The molecule has 0 spiro atoms. The molecule has 0 aliphatic rings. The molecule has 0 saturated heterocycles. The van der Waals surface area contributed by atoms with Crippen molar-refractivity contribution in [3.8, 4) is 0 Å². The molecule has 0 aliphatic heterocycles. The average Bonchev–Trinajstić information content (AvgIpc) is 2.98. The summed E-state index contributed by atoms with van der Waals surface area (Å²) in [6.07, 6.45) is 1.12. The summed E-state index contributed by atoms with van der Waals surface area (Å²) in [5, 5.41) is 22.7. The predicted octanol–water partition coefficient (Wildman–Crippen LogP) is 2.89. The molecule has 0 unspecified atom stereocenters. The summed E-state index contributed by atoms with van der Waals surface area (Å²) < 4.78 is 0.916. The van der Waals surface area contributed by atoms with E-state index in [1.807, 2.05) is 24.3 Å². The number of rotatable bonds is 5. The van der Waals surface area contributed by atoms with E-state index in [-0.39, 0.29) is 12.1 Å². The predicted molar refractivity (Wildman–Crippen MR) is 90.2 cm³/mol. The molecule has 0 N–H and O–H groups in total. The fraction of sp³-hybridized carbons (Fsp3) is 0.0588. The lowest BCUT2D eigenvalue weighted by atomic mass is 10.1. The van der Waals surface area contributed by atoms with E-state index in [0.29, 0.717) is 16.1 Å². The Morgan fingerprint density at radius 1 is 1.17 bits per heavy atom. The molecule has 3 rings (SSSR count). The van der Waals surface area contributed by atoms with E-state index in [1.54, 1.807) is 18.2 Å². The maximum absolute atomic E-state index is 11.1. The van der Waals surface area contributed by atoms with Crippen molar-refractivity contribution >= 4 is 44.9 Å². The normalized spacial score (nSPS) is 11.6. The number of hydrogen-bond acceptors (Lipinski definition) is 6. The minimum atomic E-state index is -1.26. The largest absolute Gasteiger partial charge is 0.550 e. The molecule has 0 radical (unpaired) electrons. The second-order valence-corrected chi connectivity index (χ2v) is 6.05. The lowest BCUT2D eigenvalue weighted by molar-refractivity contribution is -0.385. The van der Waals surface area contributed by atoms with Gasteiger partial charge in [-0.1, -0.05) is 24.3 Å². The molecule has 1 heterocycles. The van der Waals surface area contributed by atoms with Gasteiger partial charge < -0.3 is 9.90 Å². The van der Waals surface area contributed by atoms with Crippen molar-refractivity contribution in [1.82, 2.24) is 4.98 Å². The molecule has 0 saturated carbocycles. The van der Waals surface area contributed by atoms with Crippen LogP contribution in [-0.4, -0.2) is 15.9 Å². The van der Waals surface area contributed by atoms with Crippen LogP contribution in [0.2, 0.25) is 0 Å². The van der Waals surface area contributed by atoms with Crippen LogP contribution in [0.15, 0.2) is 48.5 Å². The van der Waals surface area contributed by atoms with Gasteiger partial charge >= 0.3 is 0 Å². The topological polar surface area (TPSA) is 96.2 Å². The Balaban J connectivity index is 2.13. The number of carbonyl (C=O) groups excluding carboxylic acids is 1. The molecule has 24 heavy (non-hydrogen) atoms. The summed E-state index contributed by atoms with van der Waals surface area (Å²) in [4.78, 5) is 26.2. The number of thiazole rings is 1. The molecular formula is C17H11N2O4S-. The first-order valence-corrected chi connectivity index (χ1v) is 7.86. The Kier molecular flexibility index (Phi) is 4.35. The molecule has 0 amide bonds. The lowest BCUT2D eigenvalue weighted by Gasteiger charge is -2.06. The number of fused-ring (bicyclic) bond motifs is 1. The molecule has 2 aromatic carbocycles. The highest BCUT2D eigenvalue weighted by Crippen LogP contribution is 2.31. The Labute approximate surface area is 140 Å². The zero-order chi connectivity index (χ0) is 17.1. The molecule has 0 atom stereocenters. The maximum Gasteiger partial charge on any atom is 0.276 e. The Hall–Kier alpha value is -3.06. The van der Waals surface area contributed by atoms with Crippen LogP contribution in [0.25, 0.3) is 21.9 Å². The third kappa shape index (κ3) is 3.31. The fourth-order valence-electron chi connectivity index (χ4n) is 2.32. The highest BCUT2D eigenvalue weighted by atomic mass is 32.1. The second kappa shape index (κ2) is 6.59. The number of carboxylic acids is 1. The maximum atomic E-state index is 11.1. The van der Waals surface area contributed by atoms with Gasteiger partial charge in [0.05, 0.1) is 20.7 Å². The van der Waals surface area contributed by atoms with E-state index >= 15 is 0 Å². The van der Waals surface area contributed by atoms with Crippen molar-refractivity contribution in [2.75, 3.05) is 0 Å². The van der Waals surface area contributed by atoms with Crippen LogP contribution in [-0.2, 0) is 4.79 Å². The first-order valence-electron chi connectivity index (χ1n) is 7.04. The van der Waals surface area contributed by atoms with Crippen molar-refractivity contribution < 1.29 is 14.8 Å². The molecule has 120 valence electrons. The smallest absolute Gasteiger partial charge is 0.276 e. The first-order chi connectivity index (χ1) is 11.5. The van der Waals surface area contributed by atoms with Crippen LogP contribution < -0.4 is 5.11 Å². The van der Waals surface area contributed by atoms with E-state index < -0.39 is 10.9 Å². The van der Waals surface area contributed by atoms with E-state index in [4.69, 9.17) is 0 Å². The summed E-state index contributed by atoms with van der Waals surface area (Å²) >= 11 is 1.34. The number of aromatic nitrogens is 1. The first kappa shape index (κ1) is 15.8. The van der Waals surface area contributed by atoms with Crippen LogP contribution in [0.4, 0.5) is 5.69 Å². The van der Waals surface area contributed by atoms with Gasteiger partial charge in [-0.05, 0) is 29.8 Å². The molecule has 3 aromatic rings. The van der Waals surface area contributed by atoms with Gasteiger partial charge in [0.2, 0.25) is 0 Å². The van der Waals surface area contributed by atoms with Gasteiger partial charge in [-0.25, -0.2) is 4.98 Å². The van der Waals surface area contributed by atoms with Crippen LogP contribution in [0.5, 0.6) is 0 Å². The van der Waals surface area contributed by atoms with Crippen molar-refractivity contribution in [2.45, 2.75) is 6.42 Å². The quantitative estimate of drug-likeness (QED) is 0.526. The standard InChI is InChI=1S/C17H12N2O4S/c20-16(21)10-12(9-11-5-1-3-7-14(11)19(22)23)17-18-13-6-2-4-8-15(13)24-17/h1-9H,10H2,(H,20,21)/p-1/b12-9+. The molecule has 0 aliphatic carbocycles. The number of hydrogen-bond donors (Lipinski definition) is 0. The zero-order valence-electron chi connectivity index (χ0n) is 12.3. The van der Waals surface area contributed by atoms with E-state index in [9.17, 15) is 20.0 Å². The van der Waals surface area contributed by atoms with Gasteiger partial charge in [-0.2, -0.15) is 0 Å². The molecule has 0 bridgehead atoms. The minimum Gasteiger partial charge on any atom is -0.550 e. The molecule has 7 heteroatoms. The molecular weight excluding hydrogens is 328 g/mol. The lowest BCUT2D eigenvalue weighted by Crippen LogP contribution is -2.22. The van der Waals surface area contributed by atoms with Crippen LogP contribution >= 0.6 is 11.3 Å². The summed E-state index contributed by atoms with van der Waals surface area (Å²) in [7, 11) is 0. The number of carboxylic acid groups (broad SMARTS) is 1. The monoisotopic (exact) mass is 339 g/mol. The highest BCUT2D eigenvalue weighted by Gasteiger charge is 2.14. The number of benzene rings is 2. The average molecular weight is 339 g/mol. The fourth-order valence-corrected chi connectivity index (χ4v) is 3.30. The number of carbonyl (C=O) groups is 1. The highest BCUT2D eigenvalue weighted by molar-refractivity contribution is 7.19. The Morgan fingerprint density at radius 2 is 1.88 bits per heavy atom. The van der Waals surface area contributed by atoms with Crippen LogP contribution in [0.1, 0.15) is 17.0 Å². The van der Waals surface area contributed by atoms with E-state index in [1.165, 1.54) is 23.5 Å².